The van der Waals surface area contributed by atoms with Gasteiger partial charge in [-0.1, -0.05) is 24.8 Å². The molecule has 1 aliphatic heterocycles. The van der Waals surface area contributed by atoms with Crippen molar-refractivity contribution >= 4 is 29.0 Å². The van der Waals surface area contributed by atoms with Gasteiger partial charge >= 0.3 is 0 Å². The molecular formula is C19H20N4O2. The Labute approximate surface area is 146 Å². The average Bonchev–Trinajstić information content (AvgIpc) is 2.85. The maximum absolute atomic E-state index is 12.4. The summed E-state index contributed by atoms with van der Waals surface area (Å²) in [6, 6.07) is 11.0. The van der Waals surface area contributed by atoms with Gasteiger partial charge in [-0.15, -0.1) is 0 Å². The summed E-state index contributed by atoms with van der Waals surface area (Å²) in [5.74, 6) is 0.538. The van der Waals surface area contributed by atoms with Gasteiger partial charge in [0.2, 0.25) is 5.91 Å². The van der Waals surface area contributed by atoms with Gasteiger partial charge in [0.15, 0.2) is 0 Å². The molecule has 2 heterocycles. The first-order valence-electron chi connectivity index (χ1n) is 8.01. The van der Waals surface area contributed by atoms with Crippen molar-refractivity contribution in [1.82, 2.24) is 9.88 Å². The van der Waals surface area contributed by atoms with Gasteiger partial charge in [0.1, 0.15) is 5.82 Å². The minimum absolute atomic E-state index is 0.106. The molecule has 0 aliphatic carbocycles. The van der Waals surface area contributed by atoms with Crippen molar-refractivity contribution in [2.75, 3.05) is 30.9 Å². The van der Waals surface area contributed by atoms with Gasteiger partial charge < -0.3 is 15.1 Å². The number of hydrogen-bond acceptors (Lipinski definition) is 4. The van der Waals surface area contributed by atoms with Crippen LogP contribution >= 0.6 is 0 Å². The molecule has 0 fully saturated rings. The van der Waals surface area contributed by atoms with E-state index in [1.165, 1.54) is 0 Å². The van der Waals surface area contributed by atoms with Crippen molar-refractivity contribution in [3.05, 3.63) is 60.3 Å². The van der Waals surface area contributed by atoms with Gasteiger partial charge in [0.05, 0.1) is 11.9 Å². The molecule has 25 heavy (non-hydrogen) atoms. The zero-order chi connectivity index (χ0) is 18.0. The largest absolute Gasteiger partial charge is 0.363 e. The number of fused-ring (bicyclic) bond motifs is 1. The fourth-order valence-corrected chi connectivity index (χ4v) is 2.73. The molecule has 0 bridgehead atoms. The van der Waals surface area contributed by atoms with Gasteiger partial charge in [0.25, 0.3) is 5.91 Å². The van der Waals surface area contributed by atoms with E-state index < -0.39 is 0 Å². The Kier molecular flexibility index (Phi) is 4.52. The van der Waals surface area contributed by atoms with Crippen LogP contribution in [-0.4, -0.2) is 42.3 Å². The smallest absolute Gasteiger partial charge is 0.258 e. The van der Waals surface area contributed by atoms with Gasteiger partial charge in [-0.05, 0) is 18.2 Å². The van der Waals surface area contributed by atoms with E-state index in [-0.39, 0.29) is 18.2 Å². The summed E-state index contributed by atoms with van der Waals surface area (Å²) >= 11 is 0. The monoisotopic (exact) mass is 336 g/mol. The predicted molar refractivity (Wildman–Crippen MR) is 98.3 cm³/mol. The number of pyridine rings is 1. The summed E-state index contributed by atoms with van der Waals surface area (Å²) in [5, 5.41) is 2.80. The number of hydrogen-bond donors (Lipinski definition) is 1. The first-order chi connectivity index (χ1) is 12.0. The van der Waals surface area contributed by atoms with Crippen molar-refractivity contribution in [2.45, 2.75) is 6.42 Å². The second-order valence-electron chi connectivity index (χ2n) is 6.05. The second kappa shape index (κ2) is 6.76. The summed E-state index contributed by atoms with van der Waals surface area (Å²) in [6.07, 6.45) is 1.80. The van der Waals surface area contributed by atoms with E-state index in [1.807, 2.05) is 43.3 Å². The lowest BCUT2D eigenvalue weighted by atomic mass is 10.1. The molecule has 0 atom stereocenters. The number of nitrogens with zero attached hydrogens (tertiary/aromatic N) is 3. The summed E-state index contributed by atoms with van der Waals surface area (Å²) in [4.78, 5) is 32.2. The van der Waals surface area contributed by atoms with Crippen LogP contribution in [0.15, 0.2) is 49.2 Å². The van der Waals surface area contributed by atoms with Crippen molar-refractivity contribution in [2.24, 2.45) is 0 Å². The lowest BCUT2D eigenvalue weighted by Crippen LogP contribution is -2.27. The minimum Gasteiger partial charge on any atom is -0.363 e. The van der Waals surface area contributed by atoms with E-state index >= 15 is 0 Å². The third kappa shape index (κ3) is 3.38. The molecule has 1 aliphatic rings. The van der Waals surface area contributed by atoms with Crippen LogP contribution in [-0.2, 0) is 4.79 Å². The lowest BCUT2D eigenvalue weighted by molar-refractivity contribution is -0.116. The number of rotatable bonds is 5. The molecule has 1 aromatic carbocycles. The molecule has 128 valence electrons. The first-order valence-corrected chi connectivity index (χ1v) is 8.01. The quantitative estimate of drug-likeness (QED) is 0.911. The SMILES string of the molecule is C=C1c2ccccc2C(=O)N1CCC(=O)Nc1ccc(N(C)C)nc1. The second-order valence-corrected chi connectivity index (χ2v) is 6.05. The maximum Gasteiger partial charge on any atom is 0.258 e. The van der Waals surface area contributed by atoms with E-state index in [2.05, 4.69) is 16.9 Å². The van der Waals surface area contributed by atoms with Crippen LogP contribution in [0.1, 0.15) is 22.3 Å². The first kappa shape index (κ1) is 16.7. The van der Waals surface area contributed by atoms with E-state index in [0.29, 0.717) is 23.5 Å². The standard InChI is InChI=1S/C19H20N4O2/c1-13-15-6-4-5-7-16(15)19(25)23(13)11-10-18(24)21-14-8-9-17(20-12-14)22(2)3/h4-9,12H,1,10-11H2,2-3H3,(H,21,24). The van der Waals surface area contributed by atoms with Crippen LogP contribution in [0.4, 0.5) is 11.5 Å². The molecule has 6 nitrogen and oxygen atoms in total. The van der Waals surface area contributed by atoms with Gasteiger partial charge in [-0.25, -0.2) is 4.98 Å². The van der Waals surface area contributed by atoms with Gasteiger partial charge in [-0.2, -0.15) is 0 Å². The molecule has 3 rings (SSSR count). The predicted octanol–water partition coefficient (Wildman–Crippen LogP) is 2.60. The number of aromatic nitrogens is 1. The highest BCUT2D eigenvalue weighted by Crippen LogP contribution is 2.31. The Morgan fingerprint density at radius 3 is 2.52 bits per heavy atom. The molecule has 0 saturated carbocycles. The third-order valence-electron chi connectivity index (χ3n) is 4.09. The van der Waals surface area contributed by atoms with E-state index in [4.69, 9.17) is 0 Å². The summed E-state index contributed by atoms with van der Waals surface area (Å²) in [7, 11) is 3.80. The number of carbonyl (C=O) groups is 2. The molecule has 1 aromatic heterocycles. The molecule has 2 amide bonds. The highest BCUT2D eigenvalue weighted by molar-refractivity contribution is 6.09. The topological polar surface area (TPSA) is 65.5 Å². The van der Waals surface area contributed by atoms with E-state index in [1.54, 1.807) is 23.2 Å². The zero-order valence-electron chi connectivity index (χ0n) is 14.3. The third-order valence-corrected chi connectivity index (χ3v) is 4.09. The Morgan fingerprint density at radius 1 is 1.20 bits per heavy atom. The Hall–Kier alpha value is -3.15. The van der Waals surface area contributed by atoms with Crippen LogP contribution < -0.4 is 10.2 Å². The summed E-state index contributed by atoms with van der Waals surface area (Å²) < 4.78 is 0. The van der Waals surface area contributed by atoms with Crippen LogP contribution in [0.25, 0.3) is 5.70 Å². The van der Waals surface area contributed by atoms with Crippen LogP contribution in [0.2, 0.25) is 0 Å². The average molecular weight is 336 g/mol. The summed E-state index contributed by atoms with van der Waals surface area (Å²) in [5.41, 5.74) is 2.74. The Bertz CT molecular complexity index is 793. The van der Waals surface area contributed by atoms with Gasteiger partial charge in [-0.3, -0.25) is 9.59 Å². The Balaban J connectivity index is 1.58. The van der Waals surface area contributed by atoms with Crippen LogP contribution in [0, 0.1) is 0 Å². The summed E-state index contributed by atoms with van der Waals surface area (Å²) in [6.45, 7) is 4.27. The normalized spacial score (nSPS) is 13.0. The van der Waals surface area contributed by atoms with Crippen molar-refractivity contribution in [3.8, 4) is 0 Å². The minimum atomic E-state index is -0.170. The molecule has 1 N–H and O–H groups in total. The van der Waals surface area contributed by atoms with E-state index in [0.717, 1.165) is 11.4 Å². The zero-order valence-corrected chi connectivity index (χ0v) is 14.3. The highest BCUT2D eigenvalue weighted by atomic mass is 16.2. The van der Waals surface area contributed by atoms with Crippen LogP contribution in [0.5, 0.6) is 0 Å². The lowest BCUT2D eigenvalue weighted by Gasteiger charge is -2.17. The highest BCUT2D eigenvalue weighted by Gasteiger charge is 2.30. The number of benzene rings is 1. The molecule has 2 aromatic rings. The molecule has 6 heteroatoms. The number of carbonyl (C=O) groups excluding carboxylic acids is 2. The van der Waals surface area contributed by atoms with Crippen molar-refractivity contribution < 1.29 is 9.59 Å². The van der Waals surface area contributed by atoms with Crippen molar-refractivity contribution in [1.29, 1.82) is 0 Å². The van der Waals surface area contributed by atoms with Gasteiger partial charge in [0, 0.05) is 43.9 Å². The number of nitrogens with one attached hydrogen (secondary N) is 1. The molecular weight excluding hydrogens is 316 g/mol. The Morgan fingerprint density at radius 2 is 1.92 bits per heavy atom. The molecule has 0 saturated heterocycles. The van der Waals surface area contributed by atoms with Crippen LogP contribution in [0.3, 0.4) is 0 Å². The fourth-order valence-electron chi connectivity index (χ4n) is 2.73. The number of anilines is 2. The number of amides is 2. The van der Waals surface area contributed by atoms with Crippen molar-refractivity contribution in [3.63, 3.8) is 0 Å². The molecule has 0 spiro atoms. The fraction of sp³-hybridized carbons (Fsp3) is 0.211. The maximum atomic E-state index is 12.4. The molecule has 0 radical (unpaired) electrons. The van der Waals surface area contributed by atoms with E-state index in [9.17, 15) is 9.59 Å². The molecule has 0 unspecified atom stereocenters.